The monoisotopic (exact) mass is 420 g/mol. The molecule has 0 radical (unpaired) electrons. The minimum absolute atomic E-state index is 0.104. The smallest absolute Gasteiger partial charge is 0.248 e. The first-order valence-corrected chi connectivity index (χ1v) is 10.6. The Labute approximate surface area is 175 Å². The largest absolute Gasteiger partial charge is 0.326 e. The highest BCUT2D eigenvalue weighted by molar-refractivity contribution is 7.91. The van der Waals surface area contributed by atoms with E-state index >= 15 is 0 Å². The predicted octanol–water partition coefficient (Wildman–Crippen LogP) is 4.13. The van der Waals surface area contributed by atoms with E-state index in [9.17, 15) is 18.0 Å². The van der Waals surface area contributed by atoms with Crippen molar-refractivity contribution in [3.63, 3.8) is 0 Å². The molecule has 2 N–H and O–H groups in total. The highest BCUT2D eigenvalue weighted by atomic mass is 32.2. The molecule has 3 aromatic carbocycles. The Bertz CT molecular complexity index is 1170. The van der Waals surface area contributed by atoms with Crippen LogP contribution in [0.4, 0.5) is 11.4 Å². The molecule has 7 heteroatoms. The van der Waals surface area contributed by atoms with Crippen molar-refractivity contribution in [2.45, 2.75) is 16.7 Å². The summed E-state index contributed by atoms with van der Waals surface area (Å²) in [5.41, 5.74) is 1.90. The van der Waals surface area contributed by atoms with Crippen molar-refractivity contribution < 1.29 is 18.0 Å². The highest BCUT2D eigenvalue weighted by Gasteiger charge is 2.17. The van der Waals surface area contributed by atoms with Crippen LogP contribution in [0.25, 0.3) is 6.08 Å². The first-order chi connectivity index (χ1) is 14.3. The maximum atomic E-state index is 12.8. The quantitative estimate of drug-likeness (QED) is 0.587. The lowest BCUT2D eigenvalue weighted by Gasteiger charge is -2.08. The van der Waals surface area contributed by atoms with Gasteiger partial charge in [-0.2, -0.15) is 0 Å². The van der Waals surface area contributed by atoms with Crippen LogP contribution in [0.1, 0.15) is 12.5 Å². The summed E-state index contributed by atoms with van der Waals surface area (Å²) in [5.74, 6) is -0.551. The van der Waals surface area contributed by atoms with E-state index < -0.39 is 9.84 Å². The van der Waals surface area contributed by atoms with Crippen LogP contribution >= 0.6 is 0 Å². The summed E-state index contributed by atoms with van der Waals surface area (Å²) in [7, 11) is -3.72. The molecule has 0 aliphatic heterocycles. The van der Waals surface area contributed by atoms with Gasteiger partial charge in [0, 0.05) is 24.4 Å². The number of anilines is 2. The molecule has 30 heavy (non-hydrogen) atoms. The van der Waals surface area contributed by atoms with E-state index in [0.29, 0.717) is 11.4 Å². The molecule has 0 bridgehead atoms. The maximum Gasteiger partial charge on any atom is 0.248 e. The van der Waals surface area contributed by atoms with E-state index in [0.717, 1.165) is 5.56 Å². The van der Waals surface area contributed by atoms with Crippen molar-refractivity contribution in [3.05, 3.63) is 90.5 Å². The van der Waals surface area contributed by atoms with Gasteiger partial charge < -0.3 is 10.6 Å². The molecule has 2 amide bonds. The molecule has 0 fully saturated rings. The molecular weight excluding hydrogens is 400 g/mol. The van der Waals surface area contributed by atoms with Crippen LogP contribution < -0.4 is 10.6 Å². The fourth-order valence-electron chi connectivity index (χ4n) is 2.69. The number of rotatable bonds is 6. The first-order valence-electron chi connectivity index (χ1n) is 9.11. The van der Waals surface area contributed by atoms with Gasteiger partial charge in [0.05, 0.1) is 9.79 Å². The molecule has 0 aliphatic carbocycles. The van der Waals surface area contributed by atoms with Crippen molar-refractivity contribution in [2.24, 2.45) is 0 Å². The Morgan fingerprint density at radius 2 is 1.23 bits per heavy atom. The molecule has 0 saturated carbocycles. The number of hydrogen-bond donors (Lipinski definition) is 2. The Balaban J connectivity index is 1.69. The van der Waals surface area contributed by atoms with Gasteiger partial charge in [0.1, 0.15) is 0 Å². The second kappa shape index (κ2) is 9.19. The summed E-state index contributed by atoms with van der Waals surface area (Å²) < 4.78 is 25.5. The Morgan fingerprint density at radius 1 is 0.733 bits per heavy atom. The molecule has 0 heterocycles. The van der Waals surface area contributed by atoms with Gasteiger partial charge in [0.2, 0.25) is 21.7 Å². The van der Waals surface area contributed by atoms with Crippen LogP contribution in [0.15, 0.2) is 94.7 Å². The van der Waals surface area contributed by atoms with Crippen LogP contribution in [0.5, 0.6) is 0 Å². The maximum absolute atomic E-state index is 12.8. The molecule has 152 valence electrons. The molecule has 6 nitrogen and oxygen atoms in total. The standard InChI is InChI=1S/C23H20N2O4S/c1-17(26)24-19-8-12-21(13-9-19)30(28,29)22-14-10-20(11-15-22)25-23(27)16-7-18-5-3-2-4-6-18/h2-16H,1H3,(H,24,26)(H,25,27)/b16-7+. The summed E-state index contributed by atoms with van der Waals surface area (Å²) >= 11 is 0. The van der Waals surface area contributed by atoms with Gasteiger partial charge in [-0.1, -0.05) is 30.3 Å². The number of carbonyl (C=O) groups excluding carboxylic acids is 2. The summed E-state index contributed by atoms with van der Waals surface area (Å²) in [6.07, 6.45) is 3.11. The van der Waals surface area contributed by atoms with E-state index in [2.05, 4.69) is 10.6 Å². The highest BCUT2D eigenvalue weighted by Crippen LogP contribution is 2.23. The molecule has 0 saturated heterocycles. The van der Waals surface area contributed by atoms with Gasteiger partial charge >= 0.3 is 0 Å². The van der Waals surface area contributed by atoms with E-state index in [4.69, 9.17) is 0 Å². The molecule has 0 aromatic heterocycles. The van der Waals surface area contributed by atoms with E-state index in [-0.39, 0.29) is 21.6 Å². The second-order valence-corrected chi connectivity index (χ2v) is 8.42. The minimum atomic E-state index is -3.72. The first kappa shape index (κ1) is 21.0. The lowest BCUT2D eigenvalue weighted by Crippen LogP contribution is -2.08. The van der Waals surface area contributed by atoms with Gasteiger partial charge in [-0.25, -0.2) is 8.42 Å². The van der Waals surface area contributed by atoms with Crippen molar-refractivity contribution in [1.29, 1.82) is 0 Å². The number of nitrogens with one attached hydrogen (secondary N) is 2. The van der Waals surface area contributed by atoms with Gasteiger partial charge in [0.25, 0.3) is 0 Å². The third kappa shape index (κ3) is 5.42. The van der Waals surface area contributed by atoms with Gasteiger partial charge in [0.15, 0.2) is 0 Å². The van der Waals surface area contributed by atoms with E-state index in [1.54, 1.807) is 6.08 Å². The van der Waals surface area contributed by atoms with Gasteiger partial charge in [-0.05, 0) is 60.2 Å². The number of amides is 2. The molecule has 3 aromatic rings. The van der Waals surface area contributed by atoms with Gasteiger partial charge in [-0.3, -0.25) is 9.59 Å². The average molecular weight is 420 g/mol. The van der Waals surface area contributed by atoms with E-state index in [1.165, 1.54) is 61.5 Å². The summed E-state index contributed by atoms with van der Waals surface area (Å²) in [6.45, 7) is 1.38. The molecule has 0 unspecified atom stereocenters. The average Bonchev–Trinajstić information content (AvgIpc) is 2.73. The minimum Gasteiger partial charge on any atom is -0.326 e. The third-order valence-corrected chi connectivity index (χ3v) is 5.93. The lowest BCUT2D eigenvalue weighted by molar-refractivity contribution is -0.114. The predicted molar refractivity (Wildman–Crippen MR) is 117 cm³/mol. The normalized spacial score (nSPS) is 11.2. The van der Waals surface area contributed by atoms with Gasteiger partial charge in [-0.15, -0.1) is 0 Å². The zero-order valence-corrected chi connectivity index (χ0v) is 17.0. The lowest BCUT2D eigenvalue weighted by atomic mass is 10.2. The zero-order valence-electron chi connectivity index (χ0n) is 16.2. The SMILES string of the molecule is CC(=O)Nc1ccc(S(=O)(=O)c2ccc(NC(=O)/C=C/c3ccccc3)cc2)cc1. The second-order valence-electron chi connectivity index (χ2n) is 6.47. The molecule has 0 atom stereocenters. The van der Waals surface area contributed by atoms with E-state index in [1.807, 2.05) is 30.3 Å². The van der Waals surface area contributed by atoms with Crippen molar-refractivity contribution in [3.8, 4) is 0 Å². The van der Waals surface area contributed by atoms with Crippen LogP contribution in [0, 0.1) is 0 Å². The number of hydrogen-bond acceptors (Lipinski definition) is 4. The molecular formula is C23H20N2O4S. The number of sulfone groups is 1. The summed E-state index contributed by atoms with van der Waals surface area (Å²) in [4.78, 5) is 23.3. The topological polar surface area (TPSA) is 92.3 Å². The molecule has 3 rings (SSSR count). The van der Waals surface area contributed by atoms with Crippen molar-refractivity contribution >= 4 is 39.1 Å². The fraction of sp³-hybridized carbons (Fsp3) is 0.0435. The Kier molecular flexibility index (Phi) is 6.44. The molecule has 0 spiro atoms. The fourth-order valence-corrected chi connectivity index (χ4v) is 3.96. The number of carbonyl (C=O) groups is 2. The van der Waals surface area contributed by atoms with Crippen LogP contribution in [-0.2, 0) is 19.4 Å². The zero-order chi connectivity index (χ0) is 21.6. The van der Waals surface area contributed by atoms with Crippen molar-refractivity contribution in [1.82, 2.24) is 0 Å². The number of benzene rings is 3. The third-order valence-electron chi connectivity index (χ3n) is 4.14. The Hall–Kier alpha value is -3.71. The van der Waals surface area contributed by atoms with Crippen LogP contribution in [0.2, 0.25) is 0 Å². The van der Waals surface area contributed by atoms with Crippen molar-refractivity contribution in [2.75, 3.05) is 10.6 Å². The van der Waals surface area contributed by atoms with Crippen LogP contribution in [-0.4, -0.2) is 20.2 Å². The Morgan fingerprint density at radius 3 is 1.73 bits per heavy atom. The summed E-state index contributed by atoms with van der Waals surface area (Å²) in [5, 5.41) is 5.29. The molecule has 0 aliphatic rings. The summed E-state index contributed by atoms with van der Waals surface area (Å²) in [6, 6.07) is 21.3. The van der Waals surface area contributed by atoms with Crippen LogP contribution in [0.3, 0.4) is 0 Å².